The zero-order valence-corrected chi connectivity index (χ0v) is 18.5. The van der Waals surface area contributed by atoms with Gasteiger partial charge in [0.25, 0.3) is 0 Å². The van der Waals surface area contributed by atoms with E-state index in [4.69, 9.17) is 9.47 Å². The van der Waals surface area contributed by atoms with Crippen LogP contribution in [-0.4, -0.2) is 13.1 Å². The molecule has 0 amide bonds. The van der Waals surface area contributed by atoms with E-state index in [1.807, 2.05) is 6.07 Å². The molecule has 0 atom stereocenters. The fraction of sp³-hybridized carbons (Fsp3) is 0.519. The number of carbonyl (C=O) groups is 1. The smallest absolute Gasteiger partial charge is 0.308 e. The van der Waals surface area contributed by atoms with Crippen molar-refractivity contribution in [2.45, 2.75) is 58.3 Å². The SMILES string of the molecule is COc1ccc(C2(c3ccc(OC(C)=O)cc3C)C3CC4CC(C3)CC2C4)c(C)c1. The van der Waals surface area contributed by atoms with Gasteiger partial charge in [0.05, 0.1) is 7.11 Å². The van der Waals surface area contributed by atoms with Gasteiger partial charge in [-0.3, -0.25) is 4.79 Å². The Morgan fingerprint density at radius 1 is 0.833 bits per heavy atom. The molecule has 2 aromatic carbocycles. The van der Waals surface area contributed by atoms with Gasteiger partial charge in [0.2, 0.25) is 0 Å². The Labute approximate surface area is 179 Å². The Morgan fingerprint density at radius 2 is 1.33 bits per heavy atom. The molecule has 3 nitrogen and oxygen atoms in total. The zero-order chi connectivity index (χ0) is 21.0. The molecule has 4 aliphatic rings. The molecule has 2 aromatic rings. The molecule has 4 saturated carbocycles. The highest BCUT2D eigenvalue weighted by molar-refractivity contribution is 5.69. The molecule has 0 heterocycles. The highest BCUT2D eigenvalue weighted by atomic mass is 16.5. The molecule has 4 aliphatic carbocycles. The van der Waals surface area contributed by atoms with Crippen LogP contribution in [0.25, 0.3) is 0 Å². The Hall–Kier alpha value is -2.29. The lowest BCUT2D eigenvalue weighted by molar-refractivity contribution is -0.131. The fourth-order valence-electron chi connectivity index (χ4n) is 7.51. The molecule has 4 bridgehead atoms. The predicted octanol–water partition coefficient (Wildman–Crippen LogP) is 5.98. The number of benzene rings is 2. The minimum Gasteiger partial charge on any atom is -0.497 e. The lowest BCUT2D eigenvalue weighted by Crippen LogP contribution is -2.56. The third-order valence-corrected chi connectivity index (χ3v) is 8.21. The summed E-state index contributed by atoms with van der Waals surface area (Å²) in [6.45, 7) is 5.89. The Bertz CT molecular complexity index is 962. The lowest BCUT2D eigenvalue weighted by Gasteiger charge is -2.62. The third-order valence-electron chi connectivity index (χ3n) is 8.21. The quantitative estimate of drug-likeness (QED) is 0.464. The zero-order valence-electron chi connectivity index (χ0n) is 18.5. The van der Waals surface area contributed by atoms with Crippen molar-refractivity contribution in [1.82, 2.24) is 0 Å². The second kappa shape index (κ2) is 7.14. The largest absolute Gasteiger partial charge is 0.497 e. The third kappa shape index (κ3) is 2.89. The number of carbonyl (C=O) groups excluding carboxylic acids is 1. The summed E-state index contributed by atoms with van der Waals surface area (Å²) in [7, 11) is 1.74. The number of ether oxygens (including phenoxy) is 2. The Morgan fingerprint density at radius 3 is 1.80 bits per heavy atom. The van der Waals surface area contributed by atoms with Crippen LogP contribution in [0, 0.1) is 37.5 Å². The molecule has 158 valence electrons. The number of hydrogen-bond donors (Lipinski definition) is 0. The van der Waals surface area contributed by atoms with Crippen molar-refractivity contribution in [3.63, 3.8) is 0 Å². The summed E-state index contributed by atoms with van der Waals surface area (Å²) in [6, 6.07) is 13.0. The van der Waals surface area contributed by atoms with Gasteiger partial charge in [0, 0.05) is 12.3 Å². The van der Waals surface area contributed by atoms with E-state index in [-0.39, 0.29) is 11.4 Å². The van der Waals surface area contributed by atoms with Crippen molar-refractivity contribution >= 4 is 5.97 Å². The molecule has 0 unspecified atom stereocenters. The number of esters is 1. The van der Waals surface area contributed by atoms with Crippen molar-refractivity contribution in [1.29, 1.82) is 0 Å². The lowest BCUT2D eigenvalue weighted by atomic mass is 9.41. The van der Waals surface area contributed by atoms with Crippen LogP contribution >= 0.6 is 0 Å². The molecule has 0 saturated heterocycles. The first kappa shape index (κ1) is 19.7. The highest BCUT2D eigenvalue weighted by Crippen LogP contribution is 2.66. The molecule has 0 spiro atoms. The maximum Gasteiger partial charge on any atom is 0.308 e. The summed E-state index contributed by atoms with van der Waals surface area (Å²) in [5.74, 6) is 4.47. The number of hydrogen-bond acceptors (Lipinski definition) is 3. The predicted molar refractivity (Wildman–Crippen MR) is 118 cm³/mol. The molecule has 0 N–H and O–H groups in total. The summed E-state index contributed by atoms with van der Waals surface area (Å²) >= 11 is 0. The average molecular weight is 405 g/mol. The second-order valence-electron chi connectivity index (χ2n) is 9.92. The molecule has 0 radical (unpaired) electrons. The Kier molecular flexibility index (Phi) is 4.68. The molecule has 3 heteroatoms. The van der Waals surface area contributed by atoms with E-state index in [0.29, 0.717) is 17.6 Å². The van der Waals surface area contributed by atoms with Gasteiger partial charge in [0.1, 0.15) is 11.5 Å². The summed E-state index contributed by atoms with van der Waals surface area (Å²) in [5, 5.41) is 0. The van der Waals surface area contributed by atoms with Gasteiger partial charge in [-0.05, 0) is 116 Å². The highest BCUT2D eigenvalue weighted by Gasteiger charge is 2.59. The van der Waals surface area contributed by atoms with Crippen LogP contribution < -0.4 is 9.47 Å². The van der Waals surface area contributed by atoms with Gasteiger partial charge < -0.3 is 9.47 Å². The van der Waals surface area contributed by atoms with Crippen LogP contribution in [-0.2, 0) is 10.2 Å². The topological polar surface area (TPSA) is 35.5 Å². The van der Waals surface area contributed by atoms with Crippen LogP contribution in [0.15, 0.2) is 36.4 Å². The van der Waals surface area contributed by atoms with E-state index in [0.717, 1.165) is 17.6 Å². The van der Waals surface area contributed by atoms with Crippen LogP contribution in [0.3, 0.4) is 0 Å². The van der Waals surface area contributed by atoms with Crippen LogP contribution in [0.4, 0.5) is 0 Å². The molecule has 30 heavy (non-hydrogen) atoms. The van der Waals surface area contributed by atoms with E-state index >= 15 is 0 Å². The molecule has 0 aliphatic heterocycles. The van der Waals surface area contributed by atoms with E-state index in [1.54, 1.807) is 7.11 Å². The summed E-state index contributed by atoms with van der Waals surface area (Å²) in [6.07, 6.45) is 6.79. The van der Waals surface area contributed by atoms with E-state index in [1.165, 1.54) is 61.3 Å². The molecule has 6 rings (SSSR count). The average Bonchev–Trinajstić information content (AvgIpc) is 2.69. The van der Waals surface area contributed by atoms with Crippen LogP contribution in [0.2, 0.25) is 0 Å². The monoisotopic (exact) mass is 404 g/mol. The molecule has 4 fully saturated rings. The minimum absolute atomic E-state index is 0.0443. The van der Waals surface area contributed by atoms with E-state index in [9.17, 15) is 4.79 Å². The van der Waals surface area contributed by atoms with Crippen LogP contribution in [0.1, 0.15) is 61.3 Å². The van der Waals surface area contributed by atoms with Crippen LogP contribution in [0.5, 0.6) is 11.5 Å². The van der Waals surface area contributed by atoms with Gasteiger partial charge >= 0.3 is 5.97 Å². The number of methoxy groups -OCH3 is 1. The maximum atomic E-state index is 11.5. The van der Waals surface area contributed by atoms with Gasteiger partial charge in [-0.2, -0.15) is 0 Å². The normalized spacial score (nSPS) is 31.6. The summed E-state index contributed by atoms with van der Waals surface area (Å²) in [5.41, 5.74) is 5.51. The maximum absolute atomic E-state index is 11.5. The summed E-state index contributed by atoms with van der Waals surface area (Å²) < 4.78 is 10.9. The van der Waals surface area contributed by atoms with Crippen molar-refractivity contribution in [3.8, 4) is 11.5 Å². The van der Waals surface area contributed by atoms with Crippen molar-refractivity contribution in [2.75, 3.05) is 7.11 Å². The first-order valence-electron chi connectivity index (χ1n) is 11.4. The van der Waals surface area contributed by atoms with Gasteiger partial charge in [-0.25, -0.2) is 0 Å². The minimum atomic E-state index is -0.266. The standard InChI is InChI=1S/C27H32O3/c1-16-9-23(29-4)5-7-25(16)27(21-12-19-11-20(14-21)15-22(27)13-19)26-8-6-24(10-17(26)2)30-18(3)28/h5-10,19-22H,11-15H2,1-4H3. The van der Waals surface area contributed by atoms with Crippen molar-refractivity contribution < 1.29 is 14.3 Å². The second-order valence-corrected chi connectivity index (χ2v) is 9.92. The Balaban J connectivity index is 1.70. The van der Waals surface area contributed by atoms with Crippen molar-refractivity contribution in [3.05, 3.63) is 58.7 Å². The number of aryl methyl sites for hydroxylation is 2. The van der Waals surface area contributed by atoms with Gasteiger partial charge in [0.15, 0.2) is 0 Å². The molecular formula is C27H32O3. The molecule has 0 aromatic heterocycles. The first-order chi connectivity index (χ1) is 14.4. The van der Waals surface area contributed by atoms with Crippen molar-refractivity contribution in [2.24, 2.45) is 23.7 Å². The van der Waals surface area contributed by atoms with Gasteiger partial charge in [-0.15, -0.1) is 0 Å². The first-order valence-corrected chi connectivity index (χ1v) is 11.4. The van der Waals surface area contributed by atoms with Gasteiger partial charge in [-0.1, -0.05) is 12.1 Å². The number of rotatable bonds is 4. The van der Waals surface area contributed by atoms with E-state index in [2.05, 4.69) is 44.2 Å². The fourth-order valence-corrected chi connectivity index (χ4v) is 7.51. The summed E-state index contributed by atoms with van der Waals surface area (Å²) in [4.78, 5) is 11.5. The molecular weight excluding hydrogens is 372 g/mol. The van der Waals surface area contributed by atoms with E-state index < -0.39 is 0 Å².